The van der Waals surface area contributed by atoms with Crippen molar-refractivity contribution in [3.8, 4) is 0 Å². The Balaban J connectivity index is 3.22. The van der Waals surface area contributed by atoms with Crippen molar-refractivity contribution in [3.63, 3.8) is 0 Å². The minimum absolute atomic E-state index is 0.0706. The number of nitrogens with zero attached hydrogens (tertiary/aromatic N) is 2. The van der Waals surface area contributed by atoms with Crippen molar-refractivity contribution in [1.29, 1.82) is 0 Å². The van der Waals surface area contributed by atoms with Crippen LogP contribution in [-0.2, 0) is 10.2 Å². The highest BCUT2D eigenvalue weighted by Crippen LogP contribution is 2.32. The van der Waals surface area contributed by atoms with Crippen molar-refractivity contribution in [2.24, 2.45) is 5.92 Å². The average molecular weight is 350 g/mol. The highest BCUT2D eigenvalue weighted by atomic mass is 16.6. The van der Waals surface area contributed by atoms with Crippen molar-refractivity contribution in [2.75, 3.05) is 13.1 Å². The van der Waals surface area contributed by atoms with Gasteiger partial charge < -0.3 is 10.0 Å². The number of carbonyl (C=O) groups excluding carboxylic acids is 1. The van der Waals surface area contributed by atoms with Crippen LogP contribution < -0.4 is 0 Å². The van der Waals surface area contributed by atoms with Crippen LogP contribution in [0.3, 0.4) is 0 Å². The molecule has 1 rings (SSSR count). The van der Waals surface area contributed by atoms with E-state index in [2.05, 4.69) is 0 Å². The highest BCUT2D eigenvalue weighted by molar-refractivity contribution is 5.95. The zero-order chi connectivity index (χ0) is 19.4. The maximum absolute atomic E-state index is 12.7. The molecule has 1 N–H and O–H groups in total. The molecule has 0 unspecified atom stereocenters. The lowest BCUT2D eigenvalue weighted by atomic mass is 9.85. The molecule has 0 saturated heterocycles. The number of nitro benzene ring substituents is 1. The largest absolute Gasteiger partial charge is 0.481 e. The number of amides is 1. The third-order valence-corrected chi connectivity index (χ3v) is 3.72. The first-order valence-corrected chi connectivity index (χ1v) is 8.23. The number of benzene rings is 1. The molecule has 0 aliphatic carbocycles. The number of rotatable bonds is 7. The van der Waals surface area contributed by atoms with E-state index in [0.717, 1.165) is 0 Å². The van der Waals surface area contributed by atoms with Crippen LogP contribution in [0.1, 0.15) is 57.0 Å². The topological polar surface area (TPSA) is 101 Å². The molecule has 0 aliphatic heterocycles. The van der Waals surface area contributed by atoms with Gasteiger partial charge in [-0.25, -0.2) is 0 Å². The predicted molar refractivity (Wildman–Crippen MR) is 94.8 cm³/mol. The van der Waals surface area contributed by atoms with Crippen molar-refractivity contribution >= 4 is 17.6 Å². The second-order valence-electron chi connectivity index (χ2n) is 7.53. The molecule has 0 bridgehead atoms. The lowest BCUT2D eigenvalue weighted by Gasteiger charge is -2.25. The summed E-state index contributed by atoms with van der Waals surface area (Å²) in [6.45, 7) is 9.92. The summed E-state index contributed by atoms with van der Waals surface area (Å²) in [4.78, 5) is 35.9. The Morgan fingerprint density at radius 2 is 1.88 bits per heavy atom. The molecule has 7 nitrogen and oxygen atoms in total. The van der Waals surface area contributed by atoms with Gasteiger partial charge in [0.05, 0.1) is 11.3 Å². The zero-order valence-electron chi connectivity index (χ0n) is 15.4. The van der Waals surface area contributed by atoms with Gasteiger partial charge in [-0.1, -0.05) is 40.7 Å². The average Bonchev–Trinajstić information content (AvgIpc) is 2.48. The first-order valence-electron chi connectivity index (χ1n) is 8.23. The normalized spacial score (nSPS) is 11.4. The second-order valence-corrected chi connectivity index (χ2v) is 7.53. The minimum atomic E-state index is -0.990. The maximum Gasteiger partial charge on any atom is 0.305 e. The van der Waals surface area contributed by atoms with E-state index >= 15 is 0 Å². The SMILES string of the molecule is CC(C)CN(CCC(=O)O)C(=O)c1ccc(C(C)(C)C)c([N+](=O)[O-])c1. The van der Waals surface area contributed by atoms with E-state index in [1.54, 1.807) is 12.1 Å². The van der Waals surface area contributed by atoms with Crippen LogP contribution in [-0.4, -0.2) is 39.9 Å². The summed E-state index contributed by atoms with van der Waals surface area (Å²) < 4.78 is 0. The summed E-state index contributed by atoms with van der Waals surface area (Å²) in [6, 6.07) is 4.47. The van der Waals surface area contributed by atoms with E-state index in [9.17, 15) is 19.7 Å². The molecular formula is C18H26N2O5. The van der Waals surface area contributed by atoms with Gasteiger partial charge in [-0.15, -0.1) is 0 Å². The first-order chi connectivity index (χ1) is 11.4. The molecule has 0 radical (unpaired) electrons. The summed E-state index contributed by atoms with van der Waals surface area (Å²) in [5.41, 5.74) is 0.229. The summed E-state index contributed by atoms with van der Waals surface area (Å²) in [5.74, 6) is -1.23. The molecule has 1 aromatic carbocycles. The number of carbonyl (C=O) groups is 2. The number of hydrogen-bond acceptors (Lipinski definition) is 4. The molecule has 25 heavy (non-hydrogen) atoms. The van der Waals surface area contributed by atoms with Crippen molar-refractivity contribution in [1.82, 2.24) is 4.90 Å². The molecule has 0 fully saturated rings. The van der Waals surface area contributed by atoms with Crippen LogP contribution >= 0.6 is 0 Å². The maximum atomic E-state index is 12.7. The smallest absolute Gasteiger partial charge is 0.305 e. The van der Waals surface area contributed by atoms with Crippen LogP contribution in [0.15, 0.2) is 18.2 Å². The summed E-state index contributed by atoms with van der Waals surface area (Å²) in [5, 5.41) is 20.3. The zero-order valence-corrected chi connectivity index (χ0v) is 15.4. The Hall–Kier alpha value is -2.44. The lowest BCUT2D eigenvalue weighted by molar-refractivity contribution is -0.386. The van der Waals surface area contributed by atoms with Crippen molar-refractivity contribution < 1.29 is 19.6 Å². The minimum Gasteiger partial charge on any atom is -0.481 e. The van der Waals surface area contributed by atoms with Crippen LogP contribution in [0.4, 0.5) is 5.69 Å². The van der Waals surface area contributed by atoms with Crippen LogP contribution in [0.5, 0.6) is 0 Å². The van der Waals surface area contributed by atoms with E-state index < -0.39 is 22.2 Å². The molecular weight excluding hydrogens is 324 g/mol. The number of aliphatic carboxylic acids is 1. The highest BCUT2D eigenvalue weighted by Gasteiger charge is 2.27. The van der Waals surface area contributed by atoms with Crippen molar-refractivity contribution in [3.05, 3.63) is 39.4 Å². The van der Waals surface area contributed by atoms with E-state index in [0.29, 0.717) is 12.1 Å². The third kappa shape index (κ3) is 5.85. The Labute approximate surface area is 147 Å². The van der Waals surface area contributed by atoms with Gasteiger partial charge in [-0.2, -0.15) is 0 Å². The fourth-order valence-electron chi connectivity index (χ4n) is 2.58. The Kier molecular flexibility index (Phi) is 6.67. The van der Waals surface area contributed by atoms with Gasteiger partial charge in [0.2, 0.25) is 0 Å². The summed E-state index contributed by atoms with van der Waals surface area (Å²) in [6.07, 6.45) is -0.166. The molecule has 7 heteroatoms. The molecule has 0 spiro atoms. The molecule has 0 aliphatic rings. The fraction of sp³-hybridized carbons (Fsp3) is 0.556. The van der Waals surface area contributed by atoms with E-state index in [4.69, 9.17) is 5.11 Å². The van der Waals surface area contributed by atoms with Crippen molar-refractivity contribution in [2.45, 2.75) is 46.5 Å². The Bertz CT molecular complexity index is 662. The van der Waals surface area contributed by atoms with E-state index in [1.807, 2.05) is 34.6 Å². The van der Waals surface area contributed by atoms with E-state index in [-0.39, 0.29) is 30.1 Å². The van der Waals surface area contributed by atoms with Crippen LogP contribution in [0.25, 0.3) is 0 Å². The first kappa shape index (κ1) is 20.6. The lowest BCUT2D eigenvalue weighted by Crippen LogP contribution is -2.36. The fourth-order valence-corrected chi connectivity index (χ4v) is 2.58. The van der Waals surface area contributed by atoms with Gasteiger partial charge >= 0.3 is 5.97 Å². The quantitative estimate of drug-likeness (QED) is 0.599. The van der Waals surface area contributed by atoms with Gasteiger partial charge in [0.1, 0.15) is 0 Å². The Morgan fingerprint density at radius 1 is 1.28 bits per heavy atom. The molecule has 0 aromatic heterocycles. The van der Waals surface area contributed by atoms with Gasteiger partial charge in [-0.05, 0) is 17.4 Å². The molecule has 0 saturated carbocycles. The Morgan fingerprint density at radius 3 is 2.32 bits per heavy atom. The second kappa shape index (κ2) is 8.09. The number of hydrogen-bond donors (Lipinski definition) is 1. The standard InChI is InChI=1S/C18H26N2O5/c1-12(2)11-19(9-8-16(21)22)17(23)13-6-7-14(18(3,4)5)15(10-13)20(24)25/h6-7,10,12H,8-9,11H2,1-5H3,(H,21,22). The van der Waals surface area contributed by atoms with Gasteiger partial charge in [0, 0.05) is 30.3 Å². The van der Waals surface area contributed by atoms with E-state index in [1.165, 1.54) is 11.0 Å². The number of carboxylic acid groups (broad SMARTS) is 1. The summed E-state index contributed by atoms with van der Waals surface area (Å²) >= 11 is 0. The van der Waals surface area contributed by atoms with Gasteiger partial charge in [-0.3, -0.25) is 19.7 Å². The predicted octanol–water partition coefficient (Wildman–Crippen LogP) is 3.47. The molecule has 138 valence electrons. The molecule has 1 aromatic rings. The monoisotopic (exact) mass is 350 g/mol. The summed E-state index contributed by atoms with van der Waals surface area (Å²) in [7, 11) is 0. The molecule has 0 heterocycles. The third-order valence-electron chi connectivity index (χ3n) is 3.72. The van der Waals surface area contributed by atoms with Crippen LogP contribution in [0, 0.1) is 16.0 Å². The molecule has 1 amide bonds. The van der Waals surface area contributed by atoms with Gasteiger partial charge in [0.25, 0.3) is 11.6 Å². The number of nitro groups is 1. The van der Waals surface area contributed by atoms with Crippen LogP contribution in [0.2, 0.25) is 0 Å². The molecule has 0 atom stereocenters. The number of carboxylic acids is 1. The van der Waals surface area contributed by atoms with Gasteiger partial charge in [0.15, 0.2) is 0 Å².